The van der Waals surface area contributed by atoms with Gasteiger partial charge in [-0.05, 0) is 25.3 Å². The standard InChI is InChI=1S/C16H16N4O2S2/c1-3-22-15(21)13-11(18)10-12(8-5-4-6-9(17)7-8)19-16(23-2)20-14(10)24-13/h4-7H,3,17-18H2,1-2H3. The second kappa shape index (κ2) is 6.66. The van der Waals surface area contributed by atoms with Crippen LogP contribution in [0.1, 0.15) is 16.6 Å². The number of nitrogens with two attached hydrogens (primary N) is 2. The van der Waals surface area contributed by atoms with Gasteiger partial charge in [0, 0.05) is 11.3 Å². The number of carbonyl (C=O) groups is 1. The van der Waals surface area contributed by atoms with Gasteiger partial charge in [0.1, 0.15) is 9.71 Å². The first kappa shape index (κ1) is 16.5. The molecule has 0 fully saturated rings. The van der Waals surface area contributed by atoms with Crippen LogP contribution >= 0.6 is 23.1 Å². The highest BCUT2D eigenvalue weighted by Gasteiger charge is 2.22. The number of hydrogen-bond donors (Lipinski definition) is 2. The van der Waals surface area contributed by atoms with E-state index in [0.29, 0.717) is 37.3 Å². The van der Waals surface area contributed by atoms with Crippen molar-refractivity contribution >= 4 is 50.7 Å². The van der Waals surface area contributed by atoms with Crippen molar-refractivity contribution in [1.29, 1.82) is 0 Å². The fourth-order valence-electron chi connectivity index (χ4n) is 2.34. The van der Waals surface area contributed by atoms with Crippen LogP contribution in [0.15, 0.2) is 29.4 Å². The third-order valence-electron chi connectivity index (χ3n) is 3.37. The van der Waals surface area contributed by atoms with Gasteiger partial charge in [-0.15, -0.1) is 11.3 Å². The van der Waals surface area contributed by atoms with Gasteiger partial charge in [0.25, 0.3) is 0 Å². The minimum atomic E-state index is -0.442. The highest BCUT2D eigenvalue weighted by Crippen LogP contribution is 2.39. The number of fused-ring (bicyclic) bond motifs is 1. The molecule has 0 aliphatic carbocycles. The van der Waals surface area contributed by atoms with E-state index in [1.54, 1.807) is 13.0 Å². The fraction of sp³-hybridized carbons (Fsp3) is 0.188. The maximum Gasteiger partial charge on any atom is 0.350 e. The SMILES string of the molecule is CCOC(=O)c1sc2nc(SC)nc(-c3cccc(N)c3)c2c1N. The van der Waals surface area contributed by atoms with Crippen molar-refractivity contribution in [2.24, 2.45) is 0 Å². The molecule has 3 aromatic rings. The minimum absolute atomic E-state index is 0.288. The number of thiophene rings is 1. The average Bonchev–Trinajstić information content (AvgIpc) is 2.91. The molecule has 1 aromatic carbocycles. The molecule has 0 spiro atoms. The van der Waals surface area contributed by atoms with Crippen molar-refractivity contribution in [1.82, 2.24) is 9.97 Å². The van der Waals surface area contributed by atoms with Gasteiger partial charge in [0.05, 0.1) is 23.4 Å². The Morgan fingerprint density at radius 2 is 2.12 bits per heavy atom. The molecule has 4 N–H and O–H groups in total. The molecule has 0 saturated carbocycles. The quantitative estimate of drug-likeness (QED) is 0.318. The largest absolute Gasteiger partial charge is 0.462 e. The minimum Gasteiger partial charge on any atom is -0.462 e. The Labute approximate surface area is 147 Å². The highest BCUT2D eigenvalue weighted by atomic mass is 32.2. The molecule has 0 aliphatic heterocycles. The van der Waals surface area contributed by atoms with Crippen molar-refractivity contribution in [3.63, 3.8) is 0 Å². The van der Waals surface area contributed by atoms with Gasteiger partial charge in [0.15, 0.2) is 5.16 Å². The zero-order chi connectivity index (χ0) is 17.3. The predicted octanol–water partition coefficient (Wildman–Crippen LogP) is 3.42. The third-order valence-corrected chi connectivity index (χ3v) is 5.00. The lowest BCUT2D eigenvalue weighted by Gasteiger charge is -2.07. The number of thioether (sulfide) groups is 1. The summed E-state index contributed by atoms with van der Waals surface area (Å²) in [4.78, 5) is 22.2. The summed E-state index contributed by atoms with van der Waals surface area (Å²) in [5, 5.41) is 1.27. The summed E-state index contributed by atoms with van der Waals surface area (Å²) in [6, 6.07) is 7.39. The zero-order valence-corrected chi connectivity index (χ0v) is 14.8. The molecule has 3 rings (SSSR count). The molecule has 0 saturated heterocycles. The zero-order valence-electron chi connectivity index (χ0n) is 13.2. The molecule has 8 heteroatoms. The maximum atomic E-state index is 12.1. The van der Waals surface area contributed by atoms with E-state index in [0.717, 1.165) is 5.56 Å². The van der Waals surface area contributed by atoms with Crippen LogP contribution in [0.3, 0.4) is 0 Å². The Morgan fingerprint density at radius 3 is 2.79 bits per heavy atom. The Morgan fingerprint density at radius 1 is 1.33 bits per heavy atom. The van der Waals surface area contributed by atoms with Gasteiger partial charge in [-0.2, -0.15) is 0 Å². The lowest BCUT2D eigenvalue weighted by Crippen LogP contribution is -2.05. The molecule has 0 unspecified atom stereocenters. The van der Waals surface area contributed by atoms with E-state index < -0.39 is 5.97 Å². The maximum absolute atomic E-state index is 12.1. The van der Waals surface area contributed by atoms with Crippen LogP contribution in [0.2, 0.25) is 0 Å². The van der Waals surface area contributed by atoms with Crippen LogP contribution in [0, 0.1) is 0 Å². The number of hydrogen-bond acceptors (Lipinski definition) is 8. The smallest absolute Gasteiger partial charge is 0.350 e. The predicted molar refractivity (Wildman–Crippen MR) is 99.4 cm³/mol. The summed E-state index contributed by atoms with van der Waals surface area (Å²) < 4.78 is 5.08. The Bertz CT molecular complexity index is 924. The lowest BCUT2D eigenvalue weighted by atomic mass is 10.1. The number of rotatable bonds is 4. The second-order valence-corrected chi connectivity index (χ2v) is 6.70. The molecule has 6 nitrogen and oxygen atoms in total. The van der Waals surface area contributed by atoms with E-state index in [9.17, 15) is 4.79 Å². The van der Waals surface area contributed by atoms with Gasteiger partial charge in [-0.25, -0.2) is 14.8 Å². The Kier molecular flexibility index (Phi) is 4.59. The number of nitrogens with zero attached hydrogens (tertiary/aromatic N) is 2. The molecule has 0 bridgehead atoms. The van der Waals surface area contributed by atoms with Gasteiger partial charge in [0.2, 0.25) is 0 Å². The number of esters is 1. The molecular formula is C16H16N4O2S2. The molecule has 0 amide bonds. The van der Waals surface area contributed by atoms with Gasteiger partial charge in [-0.1, -0.05) is 23.9 Å². The van der Waals surface area contributed by atoms with Gasteiger partial charge >= 0.3 is 5.97 Å². The number of carbonyl (C=O) groups excluding carboxylic acids is 1. The highest BCUT2D eigenvalue weighted by molar-refractivity contribution is 7.98. The first-order valence-corrected chi connectivity index (χ1v) is 9.26. The van der Waals surface area contributed by atoms with E-state index in [1.165, 1.54) is 23.1 Å². The van der Waals surface area contributed by atoms with Crippen molar-refractivity contribution < 1.29 is 9.53 Å². The molecule has 2 aromatic heterocycles. The molecular weight excluding hydrogens is 344 g/mol. The molecule has 0 atom stereocenters. The van der Waals surface area contributed by atoms with Crippen LogP contribution in [0.25, 0.3) is 21.5 Å². The third kappa shape index (κ3) is 2.90. The molecule has 0 radical (unpaired) electrons. The number of nitrogen functional groups attached to an aromatic ring is 2. The number of anilines is 2. The fourth-order valence-corrected chi connectivity index (χ4v) is 3.75. The summed E-state index contributed by atoms with van der Waals surface area (Å²) in [7, 11) is 0. The van der Waals surface area contributed by atoms with Crippen molar-refractivity contribution in [2.45, 2.75) is 12.1 Å². The van der Waals surface area contributed by atoms with Crippen LogP contribution < -0.4 is 11.5 Å². The van der Waals surface area contributed by atoms with Crippen LogP contribution in [-0.4, -0.2) is 28.8 Å². The first-order valence-electron chi connectivity index (χ1n) is 7.22. The number of benzene rings is 1. The topological polar surface area (TPSA) is 104 Å². The van der Waals surface area contributed by atoms with Crippen molar-refractivity contribution in [3.8, 4) is 11.3 Å². The first-order chi connectivity index (χ1) is 11.5. The summed E-state index contributed by atoms with van der Waals surface area (Å²) in [5.74, 6) is -0.442. The second-order valence-electron chi connectivity index (χ2n) is 4.93. The summed E-state index contributed by atoms with van der Waals surface area (Å²) in [6.45, 7) is 2.04. The van der Waals surface area contributed by atoms with Crippen molar-refractivity contribution in [3.05, 3.63) is 29.1 Å². The Hall–Kier alpha value is -2.32. The average molecular weight is 360 g/mol. The number of aromatic nitrogens is 2. The summed E-state index contributed by atoms with van der Waals surface area (Å²) in [5.41, 5.74) is 14.6. The molecule has 0 aliphatic rings. The molecule has 24 heavy (non-hydrogen) atoms. The molecule has 124 valence electrons. The molecule has 2 heterocycles. The summed E-state index contributed by atoms with van der Waals surface area (Å²) in [6.07, 6.45) is 1.90. The monoisotopic (exact) mass is 360 g/mol. The van der Waals surface area contributed by atoms with E-state index in [1.807, 2.05) is 24.5 Å². The van der Waals surface area contributed by atoms with Crippen LogP contribution in [0.5, 0.6) is 0 Å². The lowest BCUT2D eigenvalue weighted by molar-refractivity contribution is 0.0533. The summed E-state index contributed by atoms with van der Waals surface area (Å²) >= 11 is 2.65. The van der Waals surface area contributed by atoms with E-state index in [-0.39, 0.29) is 6.61 Å². The van der Waals surface area contributed by atoms with Gasteiger partial charge in [-0.3, -0.25) is 0 Å². The van der Waals surface area contributed by atoms with Gasteiger partial charge < -0.3 is 16.2 Å². The Balaban J connectivity index is 2.29. The van der Waals surface area contributed by atoms with E-state index in [4.69, 9.17) is 16.2 Å². The number of ether oxygens (including phenoxy) is 1. The van der Waals surface area contributed by atoms with E-state index in [2.05, 4.69) is 9.97 Å². The van der Waals surface area contributed by atoms with Crippen LogP contribution in [0.4, 0.5) is 11.4 Å². The van der Waals surface area contributed by atoms with Crippen molar-refractivity contribution in [2.75, 3.05) is 24.3 Å². The van der Waals surface area contributed by atoms with Crippen LogP contribution in [-0.2, 0) is 4.74 Å². The van der Waals surface area contributed by atoms with E-state index >= 15 is 0 Å². The normalized spacial score (nSPS) is 10.9.